The average Bonchev–Trinajstić information content (AvgIpc) is 2.66. The molecular formula is C18H12BrClN4O4. The molecule has 10 heteroatoms. The summed E-state index contributed by atoms with van der Waals surface area (Å²) in [5, 5.41) is 14.3. The molecule has 8 nitrogen and oxygen atoms in total. The van der Waals surface area contributed by atoms with Gasteiger partial charge in [-0.2, -0.15) is 5.10 Å². The number of nitrogens with zero attached hydrogens (tertiary/aromatic N) is 2. The molecule has 142 valence electrons. The van der Waals surface area contributed by atoms with Gasteiger partial charge in [-0.15, -0.1) is 0 Å². The van der Waals surface area contributed by atoms with Crippen molar-refractivity contribution in [2.75, 3.05) is 0 Å². The largest absolute Gasteiger partial charge is 0.493 e. The van der Waals surface area contributed by atoms with Crippen LogP contribution in [0.2, 0.25) is 5.02 Å². The number of nitrogens with one attached hydrogen (secondary N) is 2. The molecule has 0 aliphatic heterocycles. The molecule has 0 saturated carbocycles. The molecule has 28 heavy (non-hydrogen) atoms. The van der Waals surface area contributed by atoms with Crippen molar-refractivity contribution < 1.29 is 9.90 Å². The Hall–Kier alpha value is -3.17. The second kappa shape index (κ2) is 8.24. The Morgan fingerprint density at radius 1 is 1.18 bits per heavy atom. The monoisotopic (exact) mass is 462 g/mol. The fourth-order valence-electron chi connectivity index (χ4n) is 2.35. The standard InChI is InChI=1S/C18H12BrClN4O4/c19-10-5-7-11(8-6-10)24-17(27)13(15(25)22-18(24)28)9-21-23-16(26)12-3-1-2-4-14(12)20/h1-9,27H,(H,23,26)(H,22,25,28)/b21-9+. The van der Waals surface area contributed by atoms with E-state index in [2.05, 4.69) is 31.4 Å². The molecule has 1 aromatic heterocycles. The highest BCUT2D eigenvalue weighted by molar-refractivity contribution is 9.10. The van der Waals surface area contributed by atoms with Crippen LogP contribution in [0.3, 0.4) is 0 Å². The average molecular weight is 464 g/mol. The zero-order valence-electron chi connectivity index (χ0n) is 14.0. The Bertz CT molecular complexity index is 1190. The third-order valence-corrected chi connectivity index (χ3v) is 4.54. The quantitative estimate of drug-likeness (QED) is 0.407. The second-order valence-electron chi connectivity index (χ2n) is 5.49. The highest BCUT2D eigenvalue weighted by atomic mass is 79.9. The number of hydrogen-bond acceptors (Lipinski definition) is 5. The van der Waals surface area contributed by atoms with E-state index in [1.807, 2.05) is 0 Å². The first-order valence-electron chi connectivity index (χ1n) is 7.80. The van der Waals surface area contributed by atoms with Crippen LogP contribution in [0.1, 0.15) is 15.9 Å². The number of hydrogen-bond donors (Lipinski definition) is 3. The zero-order valence-corrected chi connectivity index (χ0v) is 16.4. The van der Waals surface area contributed by atoms with Crippen molar-refractivity contribution in [2.24, 2.45) is 5.10 Å². The van der Waals surface area contributed by atoms with Crippen molar-refractivity contribution in [1.82, 2.24) is 15.0 Å². The minimum absolute atomic E-state index is 0.194. The predicted molar refractivity (Wildman–Crippen MR) is 109 cm³/mol. The Morgan fingerprint density at radius 3 is 2.54 bits per heavy atom. The fourth-order valence-corrected chi connectivity index (χ4v) is 2.83. The van der Waals surface area contributed by atoms with E-state index in [0.29, 0.717) is 5.69 Å². The molecule has 3 N–H and O–H groups in total. The molecule has 0 atom stereocenters. The number of aromatic nitrogens is 2. The lowest BCUT2D eigenvalue weighted by molar-refractivity contribution is 0.0955. The molecule has 0 aliphatic rings. The number of carbonyl (C=O) groups excluding carboxylic acids is 1. The Balaban J connectivity index is 1.93. The van der Waals surface area contributed by atoms with E-state index < -0.39 is 23.0 Å². The van der Waals surface area contributed by atoms with Crippen molar-refractivity contribution in [3.8, 4) is 11.6 Å². The SMILES string of the molecule is O=C(N/N=C/c1c(O)n(-c2ccc(Br)cc2)c(=O)[nH]c1=O)c1ccccc1Cl. The van der Waals surface area contributed by atoms with Gasteiger partial charge in [0.05, 0.1) is 22.5 Å². The van der Waals surface area contributed by atoms with Crippen molar-refractivity contribution in [3.63, 3.8) is 0 Å². The van der Waals surface area contributed by atoms with Crippen LogP contribution in [0.5, 0.6) is 5.88 Å². The molecule has 0 fully saturated rings. The van der Waals surface area contributed by atoms with Crippen molar-refractivity contribution in [2.45, 2.75) is 0 Å². The molecule has 0 spiro atoms. The molecule has 0 unspecified atom stereocenters. The fraction of sp³-hybridized carbons (Fsp3) is 0. The summed E-state index contributed by atoms with van der Waals surface area (Å²) in [5.74, 6) is -1.22. The first-order valence-corrected chi connectivity index (χ1v) is 8.97. The summed E-state index contributed by atoms with van der Waals surface area (Å²) in [6.45, 7) is 0. The van der Waals surface area contributed by atoms with E-state index >= 15 is 0 Å². The number of aromatic hydroxyl groups is 1. The predicted octanol–water partition coefficient (Wildman–Crippen LogP) is 2.41. The van der Waals surface area contributed by atoms with Crippen molar-refractivity contribution in [3.05, 3.63) is 90.0 Å². The lowest BCUT2D eigenvalue weighted by Gasteiger charge is -2.09. The van der Waals surface area contributed by atoms with Crippen LogP contribution in [0.15, 0.2) is 67.7 Å². The number of hydrazone groups is 1. The number of benzene rings is 2. The van der Waals surface area contributed by atoms with Gasteiger partial charge < -0.3 is 5.11 Å². The maximum Gasteiger partial charge on any atom is 0.335 e. The number of rotatable bonds is 4. The van der Waals surface area contributed by atoms with Gasteiger partial charge in [0.2, 0.25) is 5.88 Å². The van der Waals surface area contributed by atoms with Crippen molar-refractivity contribution in [1.29, 1.82) is 0 Å². The normalized spacial score (nSPS) is 10.9. The highest BCUT2D eigenvalue weighted by Crippen LogP contribution is 2.18. The number of carbonyl (C=O) groups is 1. The number of aromatic amines is 1. The molecule has 0 aliphatic carbocycles. The lowest BCUT2D eigenvalue weighted by atomic mass is 10.2. The number of H-pyrrole nitrogens is 1. The summed E-state index contributed by atoms with van der Waals surface area (Å²) in [6.07, 6.45) is 0.942. The van der Waals surface area contributed by atoms with Gasteiger partial charge in [-0.3, -0.25) is 14.6 Å². The van der Waals surface area contributed by atoms with Gasteiger partial charge in [0.25, 0.3) is 11.5 Å². The zero-order chi connectivity index (χ0) is 20.3. The number of amides is 1. The molecule has 1 heterocycles. The Labute approximate surface area is 171 Å². The summed E-state index contributed by atoms with van der Waals surface area (Å²) < 4.78 is 1.68. The highest BCUT2D eigenvalue weighted by Gasteiger charge is 2.14. The maximum atomic E-state index is 12.1. The second-order valence-corrected chi connectivity index (χ2v) is 6.81. The molecule has 2 aromatic carbocycles. The number of halogens is 2. The topological polar surface area (TPSA) is 117 Å². The first-order chi connectivity index (χ1) is 13.4. The van der Waals surface area contributed by atoms with Crippen LogP contribution >= 0.6 is 27.5 Å². The van der Waals surface area contributed by atoms with Crippen LogP contribution in [-0.2, 0) is 0 Å². The third-order valence-electron chi connectivity index (χ3n) is 3.68. The Morgan fingerprint density at radius 2 is 1.86 bits per heavy atom. The molecule has 3 rings (SSSR count). The van der Waals surface area contributed by atoms with Crippen LogP contribution < -0.4 is 16.7 Å². The van der Waals surface area contributed by atoms with E-state index in [9.17, 15) is 19.5 Å². The maximum absolute atomic E-state index is 12.1. The summed E-state index contributed by atoms with van der Waals surface area (Å²) in [7, 11) is 0. The van der Waals surface area contributed by atoms with Crippen LogP contribution in [-0.4, -0.2) is 26.8 Å². The minimum Gasteiger partial charge on any atom is -0.493 e. The summed E-state index contributed by atoms with van der Waals surface area (Å²) in [4.78, 5) is 38.3. The molecule has 1 amide bonds. The van der Waals surface area contributed by atoms with Crippen LogP contribution in [0.4, 0.5) is 0 Å². The molecule has 0 saturated heterocycles. The van der Waals surface area contributed by atoms with E-state index in [0.717, 1.165) is 15.3 Å². The first kappa shape index (κ1) is 19.6. The van der Waals surface area contributed by atoms with E-state index in [-0.39, 0.29) is 16.1 Å². The van der Waals surface area contributed by atoms with Gasteiger partial charge in [-0.1, -0.05) is 39.7 Å². The van der Waals surface area contributed by atoms with Crippen LogP contribution in [0.25, 0.3) is 5.69 Å². The van der Waals surface area contributed by atoms with Crippen LogP contribution in [0, 0.1) is 0 Å². The van der Waals surface area contributed by atoms with Gasteiger partial charge in [0, 0.05) is 4.47 Å². The molecule has 0 radical (unpaired) electrons. The van der Waals surface area contributed by atoms with Gasteiger partial charge in [-0.25, -0.2) is 14.8 Å². The molecule has 0 bridgehead atoms. The smallest absolute Gasteiger partial charge is 0.335 e. The van der Waals surface area contributed by atoms with Gasteiger partial charge in [-0.05, 0) is 36.4 Å². The molecule has 3 aromatic rings. The van der Waals surface area contributed by atoms with E-state index in [1.54, 1.807) is 42.5 Å². The van der Waals surface area contributed by atoms with E-state index in [1.165, 1.54) is 6.07 Å². The van der Waals surface area contributed by atoms with E-state index in [4.69, 9.17) is 11.6 Å². The summed E-state index contributed by atoms with van der Waals surface area (Å²) >= 11 is 9.21. The van der Waals surface area contributed by atoms with Gasteiger partial charge >= 0.3 is 5.69 Å². The van der Waals surface area contributed by atoms with Gasteiger partial charge in [0.1, 0.15) is 5.56 Å². The van der Waals surface area contributed by atoms with Crippen molar-refractivity contribution >= 4 is 39.7 Å². The van der Waals surface area contributed by atoms with Gasteiger partial charge in [0.15, 0.2) is 0 Å². The third kappa shape index (κ3) is 4.05. The molecular weight excluding hydrogens is 452 g/mol. The Kier molecular flexibility index (Phi) is 5.76. The summed E-state index contributed by atoms with van der Waals surface area (Å²) in [5.41, 5.74) is 0.760. The minimum atomic E-state index is -0.855. The summed E-state index contributed by atoms with van der Waals surface area (Å²) in [6, 6.07) is 12.8. The lowest BCUT2D eigenvalue weighted by Crippen LogP contribution is -2.31.